The second-order valence-corrected chi connectivity index (χ2v) is 13.1. The molecule has 6 nitrogen and oxygen atoms in total. The van der Waals surface area contributed by atoms with Crippen LogP contribution < -0.4 is 10.6 Å². The Bertz CT molecular complexity index is 1600. The Morgan fingerprint density at radius 3 is 1.95 bits per heavy atom. The first-order chi connectivity index (χ1) is 19.4. The van der Waals surface area contributed by atoms with Crippen LogP contribution in [0.3, 0.4) is 0 Å². The van der Waals surface area contributed by atoms with E-state index in [1.807, 2.05) is 75.4 Å². The third-order valence-corrected chi connectivity index (χ3v) is 8.57. The number of hydrogen-bond acceptors (Lipinski definition) is 4. The lowest BCUT2D eigenvalue weighted by Crippen LogP contribution is -2.45. The Balaban J connectivity index is 1.53. The SMILES string of the molecule is CC(C)(C)CS(=O)(=O)c1ccc(NC(=O)[C@H](Cc2ccc(-c3ccccc3)cc2)NC(=O)c2ccc(F)cc2)cc1. The molecule has 8 heteroatoms. The number of anilines is 1. The van der Waals surface area contributed by atoms with E-state index in [9.17, 15) is 22.4 Å². The predicted molar refractivity (Wildman–Crippen MR) is 160 cm³/mol. The summed E-state index contributed by atoms with van der Waals surface area (Å²) < 4.78 is 38.8. The van der Waals surface area contributed by atoms with Crippen LogP contribution in [-0.2, 0) is 21.1 Å². The van der Waals surface area contributed by atoms with Crippen molar-refractivity contribution < 1.29 is 22.4 Å². The number of hydrogen-bond donors (Lipinski definition) is 2. The average Bonchev–Trinajstić information content (AvgIpc) is 2.93. The quantitative estimate of drug-likeness (QED) is 0.247. The zero-order valence-electron chi connectivity index (χ0n) is 23.2. The van der Waals surface area contributed by atoms with Gasteiger partial charge in [0.2, 0.25) is 5.91 Å². The molecule has 0 spiro atoms. The molecule has 0 aliphatic heterocycles. The van der Waals surface area contributed by atoms with Crippen molar-refractivity contribution in [3.8, 4) is 11.1 Å². The number of halogens is 1. The van der Waals surface area contributed by atoms with E-state index in [-0.39, 0.29) is 22.6 Å². The highest BCUT2D eigenvalue weighted by Crippen LogP contribution is 2.24. The largest absolute Gasteiger partial charge is 0.340 e. The predicted octanol–water partition coefficient (Wildman–Crippen LogP) is 6.29. The summed E-state index contributed by atoms with van der Waals surface area (Å²) in [5.41, 5.74) is 3.12. The van der Waals surface area contributed by atoms with Gasteiger partial charge in [0.1, 0.15) is 11.9 Å². The third kappa shape index (κ3) is 8.35. The van der Waals surface area contributed by atoms with E-state index in [1.54, 1.807) is 0 Å². The van der Waals surface area contributed by atoms with Gasteiger partial charge in [-0.2, -0.15) is 0 Å². The molecule has 0 aliphatic rings. The molecule has 41 heavy (non-hydrogen) atoms. The van der Waals surface area contributed by atoms with Crippen molar-refractivity contribution >= 4 is 27.3 Å². The number of nitrogens with one attached hydrogen (secondary N) is 2. The minimum atomic E-state index is -3.49. The standard InChI is InChI=1S/C33H33FN2O4S/c1-33(2,3)22-41(39,40)29-19-17-28(18-20-29)35-32(38)30(36-31(37)26-13-15-27(34)16-14-26)21-23-9-11-25(12-10-23)24-7-5-4-6-8-24/h4-20,30H,21-22H2,1-3H3,(H,35,38)(H,36,37)/t30-/m0/s1. The molecule has 212 valence electrons. The fraction of sp³-hybridized carbons (Fsp3) is 0.212. The van der Waals surface area contributed by atoms with E-state index in [4.69, 9.17) is 0 Å². The molecular formula is C33H33FN2O4S. The number of rotatable bonds is 9. The molecule has 0 aromatic heterocycles. The summed E-state index contributed by atoms with van der Waals surface area (Å²) in [6.07, 6.45) is 0.200. The normalized spacial score (nSPS) is 12.4. The van der Waals surface area contributed by atoms with Crippen molar-refractivity contribution in [2.75, 3.05) is 11.1 Å². The molecule has 4 aromatic carbocycles. The molecule has 0 saturated heterocycles. The summed E-state index contributed by atoms with van der Waals surface area (Å²) in [4.78, 5) is 26.5. The Morgan fingerprint density at radius 1 is 0.780 bits per heavy atom. The molecule has 0 fully saturated rings. The van der Waals surface area contributed by atoms with Gasteiger partial charge in [0.25, 0.3) is 5.91 Å². The topological polar surface area (TPSA) is 92.3 Å². The molecule has 0 heterocycles. The molecule has 4 aromatic rings. The zero-order chi connectivity index (χ0) is 29.6. The van der Waals surface area contributed by atoms with Crippen LogP contribution in [-0.4, -0.2) is 32.0 Å². The van der Waals surface area contributed by atoms with Gasteiger partial charge in [-0.05, 0) is 70.6 Å². The molecule has 0 saturated carbocycles. The molecule has 0 aliphatic carbocycles. The number of sulfone groups is 1. The Morgan fingerprint density at radius 2 is 1.37 bits per heavy atom. The van der Waals surface area contributed by atoms with Gasteiger partial charge >= 0.3 is 0 Å². The molecule has 4 rings (SSSR count). The van der Waals surface area contributed by atoms with Crippen molar-refractivity contribution in [3.63, 3.8) is 0 Å². The highest BCUT2D eigenvalue weighted by molar-refractivity contribution is 7.91. The highest BCUT2D eigenvalue weighted by atomic mass is 32.2. The first-order valence-electron chi connectivity index (χ1n) is 13.2. The van der Waals surface area contributed by atoms with Gasteiger partial charge in [-0.3, -0.25) is 9.59 Å². The summed E-state index contributed by atoms with van der Waals surface area (Å²) >= 11 is 0. The van der Waals surface area contributed by atoms with Crippen LogP contribution in [0.5, 0.6) is 0 Å². The van der Waals surface area contributed by atoms with Crippen molar-refractivity contribution in [1.82, 2.24) is 5.32 Å². The lowest BCUT2D eigenvalue weighted by molar-refractivity contribution is -0.118. The minimum Gasteiger partial charge on any atom is -0.340 e. The van der Waals surface area contributed by atoms with Crippen LogP contribution in [0.2, 0.25) is 0 Å². The van der Waals surface area contributed by atoms with E-state index in [0.29, 0.717) is 5.69 Å². The van der Waals surface area contributed by atoms with Gasteiger partial charge in [-0.15, -0.1) is 0 Å². The van der Waals surface area contributed by atoms with Crippen LogP contribution in [0.4, 0.5) is 10.1 Å². The van der Waals surface area contributed by atoms with Crippen LogP contribution in [0.25, 0.3) is 11.1 Å². The Labute approximate surface area is 240 Å². The van der Waals surface area contributed by atoms with Gasteiger partial charge in [0.15, 0.2) is 9.84 Å². The van der Waals surface area contributed by atoms with E-state index in [1.165, 1.54) is 48.5 Å². The number of carbonyl (C=O) groups excluding carboxylic acids is 2. The molecule has 0 radical (unpaired) electrons. The zero-order valence-corrected chi connectivity index (χ0v) is 24.0. The summed E-state index contributed by atoms with van der Waals surface area (Å²) in [5, 5.41) is 5.54. The smallest absolute Gasteiger partial charge is 0.251 e. The summed E-state index contributed by atoms with van der Waals surface area (Å²) in [6.45, 7) is 5.57. The molecule has 2 N–H and O–H groups in total. The second-order valence-electron chi connectivity index (χ2n) is 11.1. The van der Waals surface area contributed by atoms with E-state index >= 15 is 0 Å². The fourth-order valence-electron chi connectivity index (χ4n) is 4.38. The minimum absolute atomic E-state index is 0.00768. The van der Waals surface area contributed by atoms with Gasteiger partial charge in [-0.25, -0.2) is 12.8 Å². The second kappa shape index (κ2) is 12.5. The highest BCUT2D eigenvalue weighted by Gasteiger charge is 2.25. The maximum absolute atomic E-state index is 13.4. The van der Waals surface area contributed by atoms with Gasteiger partial charge in [0, 0.05) is 17.7 Å². The van der Waals surface area contributed by atoms with Gasteiger partial charge < -0.3 is 10.6 Å². The van der Waals surface area contributed by atoms with E-state index in [0.717, 1.165) is 16.7 Å². The van der Waals surface area contributed by atoms with Crippen molar-refractivity contribution in [1.29, 1.82) is 0 Å². The first-order valence-corrected chi connectivity index (χ1v) is 14.9. The van der Waals surface area contributed by atoms with Crippen LogP contribution in [0, 0.1) is 11.2 Å². The Kier molecular flexibility index (Phi) is 9.03. The van der Waals surface area contributed by atoms with E-state index in [2.05, 4.69) is 10.6 Å². The van der Waals surface area contributed by atoms with Crippen LogP contribution in [0.1, 0.15) is 36.7 Å². The summed E-state index contributed by atoms with van der Waals surface area (Å²) in [6, 6.07) is 27.7. The molecule has 0 unspecified atom stereocenters. The number of benzene rings is 4. The summed E-state index contributed by atoms with van der Waals surface area (Å²) in [5.74, 6) is -1.47. The maximum Gasteiger partial charge on any atom is 0.251 e. The Hall–Kier alpha value is -4.30. The molecule has 1 atom stereocenters. The lowest BCUT2D eigenvalue weighted by Gasteiger charge is -2.20. The van der Waals surface area contributed by atoms with E-state index < -0.39 is 38.9 Å². The van der Waals surface area contributed by atoms with Crippen molar-refractivity contribution in [3.05, 3.63) is 120 Å². The number of amides is 2. The maximum atomic E-state index is 13.4. The van der Waals surface area contributed by atoms with Crippen molar-refractivity contribution in [2.45, 2.75) is 38.1 Å². The van der Waals surface area contributed by atoms with Gasteiger partial charge in [-0.1, -0.05) is 75.4 Å². The van der Waals surface area contributed by atoms with Crippen LogP contribution >= 0.6 is 0 Å². The third-order valence-electron chi connectivity index (χ3n) is 6.33. The average molecular weight is 573 g/mol. The summed E-state index contributed by atoms with van der Waals surface area (Å²) in [7, 11) is -3.49. The van der Waals surface area contributed by atoms with Gasteiger partial charge in [0.05, 0.1) is 10.6 Å². The number of carbonyl (C=O) groups is 2. The lowest BCUT2D eigenvalue weighted by atomic mass is 10.00. The first kappa shape index (κ1) is 29.7. The monoisotopic (exact) mass is 572 g/mol. The molecule has 2 amide bonds. The van der Waals surface area contributed by atoms with Crippen LogP contribution in [0.15, 0.2) is 108 Å². The molecule has 0 bridgehead atoms. The fourth-order valence-corrected chi connectivity index (χ4v) is 6.24. The van der Waals surface area contributed by atoms with Crippen molar-refractivity contribution in [2.24, 2.45) is 5.41 Å². The molecular weight excluding hydrogens is 539 g/mol.